The van der Waals surface area contributed by atoms with Gasteiger partial charge in [0.1, 0.15) is 6.61 Å². The van der Waals surface area contributed by atoms with E-state index in [0.29, 0.717) is 15.7 Å². The Morgan fingerprint density at radius 3 is 2.50 bits per heavy atom. The first-order valence-electron chi connectivity index (χ1n) is 5.99. The van der Waals surface area contributed by atoms with Crippen LogP contribution in [-0.4, -0.2) is 6.09 Å². The molecule has 3 nitrogen and oxygen atoms in total. The minimum Gasteiger partial charge on any atom is -0.444 e. The third-order valence-electron chi connectivity index (χ3n) is 2.72. The molecule has 2 aromatic carbocycles. The Morgan fingerprint density at radius 2 is 1.80 bits per heavy atom. The van der Waals surface area contributed by atoms with Gasteiger partial charge in [-0.15, -0.1) is 0 Å². The largest absolute Gasteiger partial charge is 0.444 e. The summed E-state index contributed by atoms with van der Waals surface area (Å²) in [5.41, 5.74) is 2.32. The van der Waals surface area contributed by atoms with Gasteiger partial charge in [0, 0.05) is 5.69 Å². The summed E-state index contributed by atoms with van der Waals surface area (Å²) in [6.07, 6.45) is -0.532. The van der Waals surface area contributed by atoms with E-state index in [9.17, 15) is 4.79 Å². The molecule has 1 N–H and O–H groups in total. The van der Waals surface area contributed by atoms with Crippen molar-refractivity contribution >= 4 is 35.0 Å². The smallest absolute Gasteiger partial charge is 0.411 e. The van der Waals surface area contributed by atoms with Crippen LogP contribution in [0.3, 0.4) is 0 Å². The zero-order valence-electron chi connectivity index (χ0n) is 10.8. The first kappa shape index (κ1) is 14.7. The maximum Gasteiger partial charge on any atom is 0.411 e. The number of hydrogen-bond acceptors (Lipinski definition) is 2. The average Bonchev–Trinajstić information content (AvgIpc) is 2.44. The van der Waals surface area contributed by atoms with Gasteiger partial charge in [0.15, 0.2) is 0 Å². The molecule has 0 radical (unpaired) electrons. The average molecular weight is 310 g/mol. The molecule has 0 saturated carbocycles. The molecule has 0 aliphatic rings. The molecule has 0 fully saturated rings. The van der Waals surface area contributed by atoms with Crippen LogP contribution in [-0.2, 0) is 11.3 Å². The van der Waals surface area contributed by atoms with Crippen molar-refractivity contribution in [2.45, 2.75) is 13.5 Å². The van der Waals surface area contributed by atoms with E-state index < -0.39 is 6.09 Å². The van der Waals surface area contributed by atoms with Crippen molar-refractivity contribution in [3.05, 3.63) is 63.6 Å². The molecule has 0 aliphatic heterocycles. The molecule has 0 unspecified atom stereocenters. The number of anilines is 1. The molecule has 2 rings (SSSR count). The highest BCUT2D eigenvalue weighted by Gasteiger charge is 2.09. The van der Waals surface area contributed by atoms with Gasteiger partial charge in [0.2, 0.25) is 0 Å². The number of benzene rings is 2. The molecule has 20 heavy (non-hydrogen) atoms. The first-order chi connectivity index (χ1) is 9.56. The van der Waals surface area contributed by atoms with Crippen LogP contribution in [0.2, 0.25) is 10.0 Å². The SMILES string of the molecule is Cc1cc(Cl)c(Cl)cc1NC(=O)OCc1ccccc1. The molecule has 0 aromatic heterocycles. The van der Waals surface area contributed by atoms with Crippen LogP contribution in [0.5, 0.6) is 0 Å². The van der Waals surface area contributed by atoms with Crippen molar-refractivity contribution < 1.29 is 9.53 Å². The number of aryl methyl sites for hydroxylation is 1. The molecule has 1 amide bonds. The van der Waals surface area contributed by atoms with Crippen LogP contribution in [0.15, 0.2) is 42.5 Å². The molecular formula is C15H13Cl2NO2. The van der Waals surface area contributed by atoms with Gasteiger partial charge in [-0.1, -0.05) is 53.5 Å². The lowest BCUT2D eigenvalue weighted by atomic mass is 10.2. The van der Waals surface area contributed by atoms with Crippen LogP contribution < -0.4 is 5.32 Å². The van der Waals surface area contributed by atoms with Gasteiger partial charge in [0.05, 0.1) is 10.0 Å². The lowest BCUT2D eigenvalue weighted by molar-refractivity contribution is 0.155. The van der Waals surface area contributed by atoms with Gasteiger partial charge in [-0.2, -0.15) is 0 Å². The zero-order chi connectivity index (χ0) is 14.5. The fourth-order valence-corrected chi connectivity index (χ4v) is 2.03. The van der Waals surface area contributed by atoms with Crippen LogP contribution >= 0.6 is 23.2 Å². The number of hydrogen-bond donors (Lipinski definition) is 1. The molecule has 0 bridgehead atoms. The van der Waals surface area contributed by atoms with E-state index in [1.54, 1.807) is 12.1 Å². The fourth-order valence-electron chi connectivity index (χ4n) is 1.65. The van der Waals surface area contributed by atoms with Crippen molar-refractivity contribution in [2.24, 2.45) is 0 Å². The number of halogens is 2. The molecule has 104 valence electrons. The van der Waals surface area contributed by atoms with Crippen molar-refractivity contribution in [2.75, 3.05) is 5.32 Å². The fraction of sp³-hybridized carbons (Fsp3) is 0.133. The minimum absolute atomic E-state index is 0.215. The number of rotatable bonds is 3. The third kappa shape index (κ3) is 3.89. The van der Waals surface area contributed by atoms with E-state index >= 15 is 0 Å². The number of nitrogens with one attached hydrogen (secondary N) is 1. The predicted octanol–water partition coefficient (Wildman–Crippen LogP) is 5.05. The Hall–Kier alpha value is -1.71. The van der Waals surface area contributed by atoms with Crippen molar-refractivity contribution in [1.29, 1.82) is 0 Å². The van der Waals surface area contributed by atoms with Gasteiger partial charge >= 0.3 is 6.09 Å². The second kappa shape index (κ2) is 6.64. The number of carbonyl (C=O) groups is 1. The maximum atomic E-state index is 11.7. The van der Waals surface area contributed by atoms with E-state index in [1.165, 1.54) is 0 Å². The summed E-state index contributed by atoms with van der Waals surface area (Å²) in [5, 5.41) is 3.48. The molecule has 0 saturated heterocycles. The van der Waals surface area contributed by atoms with E-state index in [1.807, 2.05) is 37.3 Å². The second-order valence-electron chi connectivity index (χ2n) is 4.27. The topological polar surface area (TPSA) is 38.3 Å². The second-order valence-corrected chi connectivity index (χ2v) is 5.08. The highest BCUT2D eigenvalue weighted by molar-refractivity contribution is 6.42. The Kier molecular flexibility index (Phi) is 4.88. The quantitative estimate of drug-likeness (QED) is 0.861. The minimum atomic E-state index is -0.532. The summed E-state index contributed by atoms with van der Waals surface area (Å²) in [7, 11) is 0. The lowest BCUT2D eigenvalue weighted by Gasteiger charge is -2.10. The van der Waals surface area contributed by atoms with Crippen LogP contribution in [0.1, 0.15) is 11.1 Å². The summed E-state index contributed by atoms with van der Waals surface area (Å²) in [5.74, 6) is 0. The lowest BCUT2D eigenvalue weighted by Crippen LogP contribution is -2.14. The zero-order valence-corrected chi connectivity index (χ0v) is 12.3. The Morgan fingerprint density at radius 1 is 1.15 bits per heavy atom. The normalized spacial score (nSPS) is 10.2. The maximum absolute atomic E-state index is 11.7. The first-order valence-corrected chi connectivity index (χ1v) is 6.75. The third-order valence-corrected chi connectivity index (χ3v) is 3.44. The Bertz CT molecular complexity index is 615. The summed E-state index contributed by atoms with van der Waals surface area (Å²) < 4.78 is 5.13. The molecule has 0 aliphatic carbocycles. The highest BCUT2D eigenvalue weighted by atomic mass is 35.5. The molecule has 0 heterocycles. The molecular weight excluding hydrogens is 297 g/mol. The molecule has 2 aromatic rings. The molecule has 0 spiro atoms. The van der Waals surface area contributed by atoms with Crippen molar-refractivity contribution in [3.8, 4) is 0 Å². The van der Waals surface area contributed by atoms with Gasteiger partial charge in [-0.05, 0) is 30.2 Å². The summed E-state index contributed by atoms with van der Waals surface area (Å²) in [6.45, 7) is 2.04. The van der Waals surface area contributed by atoms with Crippen molar-refractivity contribution in [3.63, 3.8) is 0 Å². The number of carbonyl (C=O) groups excluding carboxylic acids is 1. The van der Waals surface area contributed by atoms with Crippen LogP contribution in [0, 0.1) is 6.92 Å². The van der Waals surface area contributed by atoms with E-state index in [4.69, 9.17) is 27.9 Å². The van der Waals surface area contributed by atoms with E-state index in [2.05, 4.69) is 5.32 Å². The summed E-state index contributed by atoms with van der Waals surface area (Å²) in [4.78, 5) is 11.7. The summed E-state index contributed by atoms with van der Waals surface area (Å²) in [6, 6.07) is 12.7. The number of ether oxygens (including phenoxy) is 1. The Labute approximate surface area is 127 Å². The van der Waals surface area contributed by atoms with Gasteiger partial charge in [0.25, 0.3) is 0 Å². The van der Waals surface area contributed by atoms with E-state index in [-0.39, 0.29) is 6.61 Å². The molecule has 5 heteroatoms. The monoisotopic (exact) mass is 309 g/mol. The highest BCUT2D eigenvalue weighted by Crippen LogP contribution is 2.28. The van der Waals surface area contributed by atoms with Crippen LogP contribution in [0.4, 0.5) is 10.5 Å². The van der Waals surface area contributed by atoms with Crippen LogP contribution in [0.25, 0.3) is 0 Å². The van der Waals surface area contributed by atoms with Gasteiger partial charge in [-0.3, -0.25) is 5.32 Å². The number of amides is 1. The Balaban J connectivity index is 1.97. The predicted molar refractivity (Wildman–Crippen MR) is 81.4 cm³/mol. The van der Waals surface area contributed by atoms with Crippen molar-refractivity contribution in [1.82, 2.24) is 0 Å². The standard InChI is InChI=1S/C15H13Cl2NO2/c1-10-7-12(16)13(17)8-14(10)18-15(19)20-9-11-5-3-2-4-6-11/h2-8H,9H2,1H3,(H,18,19). The van der Waals surface area contributed by atoms with Gasteiger partial charge in [-0.25, -0.2) is 4.79 Å². The molecule has 0 atom stereocenters. The van der Waals surface area contributed by atoms with E-state index in [0.717, 1.165) is 11.1 Å². The summed E-state index contributed by atoms with van der Waals surface area (Å²) >= 11 is 11.8. The van der Waals surface area contributed by atoms with Gasteiger partial charge < -0.3 is 4.74 Å².